The number of hydrogen-bond acceptors (Lipinski definition) is 4. The van der Waals surface area contributed by atoms with Crippen molar-refractivity contribution >= 4 is 21.3 Å². The Bertz CT molecular complexity index is 1020. The molecule has 0 aromatic heterocycles. The van der Waals surface area contributed by atoms with E-state index < -0.39 is 39.2 Å². The molecule has 1 aromatic carbocycles. The van der Waals surface area contributed by atoms with Crippen LogP contribution in [0.2, 0.25) is 0 Å². The third kappa shape index (κ3) is 3.09. The van der Waals surface area contributed by atoms with Gasteiger partial charge in [-0.05, 0) is 43.4 Å². The van der Waals surface area contributed by atoms with Crippen LogP contribution in [0, 0.1) is 11.7 Å². The Morgan fingerprint density at radius 1 is 1.04 bits per heavy atom. The fourth-order valence-electron chi connectivity index (χ4n) is 4.39. The van der Waals surface area contributed by atoms with Gasteiger partial charge in [-0.1, -0.05) is 6.07 Å². The maximum atomic E-state index is 13.8. The lowest BCUT2D eigenvalue weighted by Gasteiger charge is -2.38. The summed E-state index contributed by atoms with van der Waals surface area (Å²) >= 11 is 0. The summed E-state index contributed by atoms with van der Waals surface area (Å²) in [6.07, 6.45) is -2.87. The minimum Gasteiger partial charge on any atom is -0.299 e. The van der Waals surface area contributed by atoms with Gasteiger partial charge < -0.3 is 0 Å². The molecular formula is C19H17F4NO3S. The number of rotatable bonds is 1. The van der Waals surface area contributed by atoms with Crippen LogP contribution in [-0.4, -0.2) is 25.7 Å². The van der Waals surface area contributed by atoms with E-state index in [0.717, 1.165) is 6.07 Å². The number of carbonyl (C=O) groups excluding carboxylic acids is 1. The second-order valence-corrected chi connectivity index (χ2v) is 9.43. The molecule has 0 amide bonds. The highest BCUT2D eigenvalue weighted by atomic mass is 32.2. The van der Waals surface area contributed by atoms with Gasteiger partial charge in [-0.15, -0.1) is 0 Å². The van der Waals surface area contributed by atoms with Gasteiger partial charge >= 0.3 is 6.18 Å². The number of halogens is 4. The van der Waals surface area contributed by atoms with E-state index in [0.29, 0.717) is 49.2 Å². The Kier molecular flexibility index (Phi) is 4.48. The second-order valence-electron chi connectivity index (χ2n) is 7.35. The highest BCUT2D eigenvalue weighted by molar-refractivity contribution is 7.95. The maximum Gasteiger partial charge on any atom is 0.419 e. The minimum atomic E-state index is -4.93. The lowest BCUT2D eigenvalue weighted by Crippen LogP contribution is -2.40. The van der Waals surface area contributed by atoms with Crippen LogP contribution in [-0.2, 0) is 20.8 Å². The Hall–Kier alpha value is -2.03. The number of aliphatic imine (C=N–C) groups is 1. The van der Waals surface area contributed by atoms with Gasteiger partial charge in [0, 0.05) is 18.1 Å². The van der Waals surface area contributed by atoms with Gasteiger partial charge in [-0.2, -0.15) is 13.2 Å². The van der Waals surface area contributed by atoms with Crippen molar-refractivity contribution < 1.29 is 30.8 Å². The summed E-state index contributed by atoms with van der Waals surface area (Å²) < 4.78 is 79.1. The molecule has 9 heteroatoms. The highest BCUT2D eigenvalue weighted by Gasteiger charge is 2.47. The highest BCUT2D eigenvalue weighted by Crippen LogP contribution is 2.48. The first kappa shape index (κ1) is 19.3. The van der Waals surface area contributed by atoms with E-state index in [-0.39, 0.29) is 28.4 Å². The van der Waals surface area contributed by atoms with Gasteiger partial charge in [0.2, 0.25) is 0 Å². The number of carbonyl (C=O) groups is 1. The first-order chi connectivity index (χ1) is 13.1. The molecular weight excluding hydrogens is 398 g/mol. The van der Waals surface area contributed by atoms with Crippen molar-refractivity contribution in [3.8, 4) is 0 Å². The molecule has 3 aliphatic rings. The fourth-order valence-corrected chi connectivity index (χ4v) is 6.30. The fraction of sp³-hybridized carbons (Fsp3) is 0.474. The molecule has 2 atom stereocenters. The first-order valence-electron chi connectivity index (χ1n) is 9.02. The van der Waals surface area contributed by atoms with Gasteiger partial charge in [-0.25, -0.2) is 12.8 Å². The third-order valence-corrected chi connectivity index (χ3v) is 7.54. The molecule has 150 valence electrons. The molecule has 1 aliphatic carbocycles. The molecule has 4 nitrogen and oxygen atoms in total. The topological polar surface area (TPSA) is 63.6 Å². The van der Waals surface area contributed by atoms with Gasteiger partial charge in [0.05, 0.1) is 27.8 Å². The number of nitrogens with zero attached hydrogens (tertiary/aromatic N) is 1. The zero-order valence-corrected chi connectivity index (χ0v) is 15.5. The van der Waals surface area contributed by atoms with Crippen LogP contribution in [0.3, 0.4) is 0 Å². The van der Waals surface area contributed by atoms with Gasteiger partial charge in [0.15, 0.2) is 9.84 Å². The number of alkyl halides is 3. The number of hydrogen-bond donors (Lipinski definition) is 0. The summed E-state index contributed by atoms with van der Waals surface area (Å²) in [7, 11) is -3.77. The smallest absolute Gasteiger partial charge is 0.299 e. The predicted octanol–water partition coefficient (Wildman–Crippen LogP) is 4.17. The van der Waals surface area contributed by atoms with Crippen LogP contribution in [0.5, 0.6) is 0 Å². The average molecular weight is 415 g/mol. The molecule has 28 heavy (non-hydrogen) atoms. The molecule has 0 spiro atoms. The van der Waals surface area contributed by atoms with E-state index in [1.807, 2.05) is 0 Å². The Labute approximate surface area is 159 Å². The average Bonchev–Trinajstić information content (AvgIpc) is 2.59. The van der Waals surface area contributed by atoms with Crippen LogP contribution in [0.15, 0.2) is 33.8 Å². The van der Waals surface area contributed by atoms with Crippen LogP contribution in [0.25, 0.3) is 0 Å². The Balaban J connectivity index is 1.96. The summed E-state index contributed by atoms with van der Waals surface area (Å²) in [5, 5.41) is 0. The summed E-state index contributed by atoms with van der Waals surface area (Å²) in [4.78, 5) is 17.0. The van der Waals surface area contributed by atoms with Crippen molar-refractivity contribution in [3.05, 3.63) is 45.7 Å². The summed E-state index contributed by atoms with van der Waals surface area (Å²) in [6.45, 7) is 0. The van der Waals surface area contributed by atoms with E-state index in [9.17, 15) is 30.8 Å². The Morgan fingerprint density at radius 2 is 1.79 bits per heavy atom. The largest absolute Gasteiger partial charge is 0.419 e. The zero-order chi connectivity index (χ0) is 20.3. The summed E-state index contributed by atoms with van der Waals surface area (Å²) in [5.74, 6) is -3.80. The molecule has 0 radical (unpaired) electrons. The second kappa shape index (κ2) is 6.50. The molecule has 2 unspecified atom stereocenters. The number of Topliss-reactive ketones (excluding diaryl/α,β-unsaturated/α-hetero) is 1. The van der Waals surface area contributed by atoms with Crippen molar-refractivity contribution in [1.29, 1.82) is 0 Å². The lowest BCUT2D eigenvalue weighted by molar-refractivity contribution is -0.140. The monoisotopic (exact) mass is 415 g/mol. The molecule has 1 aromatic rings. The normalized spacial score (nSPS) is 27.1. The number of fused-ring (bicyclic) bond motifs is 1. The van der Waals surface area contributed by atoms with Crippen LogP contribution in [0.1, 0.15) is 49.1 Å². The van der Waals surface area contributed by atoms with Crippen LogP contribution < -0.4 is 0 Å². The van der Waals surface area contributed by atoms with Crippen LogP contribution >= 0.6 is 0 Å². The first-order valence-corrected chi connectivity index (χ1v) is 10.7. The maximum absolute atomic E-state index is 13.8. The molecule has 0 N–H and O–H groups in total. The van der Waals surface area contributed by atoms with Crippen molar-refractivity contribution in [2.45, 2.75) is 44.2 Å². The third-order valence-electron chi connectivity index (χ3n) is 5.56. The van der Waals surface area contributed by atoms with Gasteiger partial charge in [0.1, 0.15) is 11.6 Å². The molecule has 4 rings (SSSR count). The van der Waals surface area contributed by atoms with E-state index in [1.165, 1.54) is 0 Å². The molecule has 1 saturated carbocycles. The van der Waals surface area contributed by atoms with E-state index in [1.54, 1.807) is 0 Å². The van der Waals surface area contributed by atoms with E-state index in [4.69, 9.17) is 0 Å². The molecule has 2 aliphatic heterocycles. The molecule has 1 fully saturated rings. The summed E-state index contributed by atoms with van der Waals surface area (Å²) in [5.41, 5.74) is -0.628. The molecule has 0 bridgehead atoms. The molecule has 0 saturated heterocycles. The number of allylic oxidation sites excluding steroid dienone is 2. The SMILES string of the molecule is O=C1CCCC2=NC3=C(C(c4ccc(F)c(C(F)(F)F)c4)C12)S(=O)(=O)CCC3. The summed E-state index contributed by atoms with van der Waals surface area (Å²) in [6, 6.07) is 2.47. The quantitative estimate of drug-likeness (QED) is 0.647. The van der Waals surface area contributed by atoms with Crippen molar-refractivity contribution in [2.75, 3.05) is 5.75 Å². The predicted molar refractivity (Wildman–Crippen MR) is 94.0 cm³/mol. The molecule has 2 heterocycles. The standard InChI is InChI=1S/C19H17F4NO3S/c20-12-7-6-10(9-11(12)19(21,22)23)16-17-13(3-1-5-15(17)25)24-14-4-2-8-28(26,27)18(14)16/h6-7,9,16-17H,1-5,8H2. The van der Waals surface area contributed by atoms with Crippen molar-refractivity contribution in [2.24, 2.45) is 10.9 Å². The van der Waals surface area contributed by atoms with Gasteiger partial charge in [-0.3, -0.25) is 9.79 Å². The minimum absolute atomic E-state index is 0.0145. The van der Waals surface area contributed by atoms with E-state index in [2.05, 4.69) is 4.99 Å². The van der Waals surface area contributed by atoms with E-state index >= 15 is 0 Å². The zero-order valence-electron chi connectivity index (χ0n) is 14.7. The van der Waals surface area contributed by atoms with Gasteiger partial charge in [0.25, 0.3) is 0 Å². The number of ketones is 1. The lowest BCUT2D eigenvalue weighted by atomic mass is 9.72. The van der Waals surface area contributed by atoms with Crippen LogP contribution in [0.4, 0.5) is 17.6 Å². The number of benzene rings is 1. The Morgan fingerprint density at radius 3 is 2.50 bits per heavy atom. The number of sulfone groups is 1. The van der Waals surface area contributed by atoms with Crippen molar-refractivity contribution in [1.82, 2.24) is 0 Å². The van der Waals surface area contributed by atoms with Crippen molar-refractivity contribution in [3.63, 3.8) is 0 Å².